The van der Waals surface area contributed by atoms with Gasteiger partial charge in [-0.1, -0.05) is 12.1 Å². The minimum absolute atomic E-state index is 0.241. The van der Waals surface area contributed by atoms with Crippen LogP contribution in [0.4, 0.5) is 5.69 Å². The molecule has 1 aromatic carbocycles. The first-order valence-corrected chi connectivity index (χ1v) is 6.86. The molecular formula is C13H15Cl2NO. The van der Waals surface area contributed by atoms with E-state index in [1.807, 2.05) is 18.2 Å². The van der Waals surface area contributed by atoms with Crippen LogP contribution in [0.3, 0.4) is 0 Å². The SMILES string of the molecule is O=C1CCc2cccc(N(CCCl)CCCl)c21. The zero-order valence-corrected chi connectivity index (χ0v) is 11.1. The van der Waals surface area contributed by atoms with Crippen LogP contribution in [0.2, 0.25) is 0 Å². The Labute approximate surface area is 112 Å². The van der Waals surface area contributed by atoms with E-state index < -0.39 is 0 Å². The van der Waals surface area contributed by atoms with Gasteiger partial charge in [-0.2, -0.15) is 0 Å². The van der Waals surface area contributed by atoms with Crippen LogP contribution in [0.1, 0.15) is 22.3 Å². The van der Waals surface area contributed by atoms with Crippen LogP contribution < -0.4 is 4.90 Å². The summed E-state index contributed by atoms with van der Waals surface area (Å²) in [5.41, 5.74) is 3.02. The number of anilines is 1. The van der Waals surface area contributed by atoms with Gasteiger partial charge in [0.15, 0.2) is 5.78 Å². The van der Waals surface area contributed by atoms with Crippen molar-refractivity contribution in [1.82, 2.24) is 0 Å². The van der Waals surface area contributed by atoms with E-state index in [0.717, 1.165) is 36.3 Å². The maximum absolute atomic E-state index is 11.9. The fourth-order valence-corrected chi connectivity index (χ4v) is 2.72. The van der Waals surface area contributed by atoms with Gasteiger partial charge >= 0.3 is 0 Å². The lowest BCUT2D eigenvalue weighted by atomic mass is 10.1. The van der Waals surface area contributed by atoms with E-state index >= 15 is 0 Å². The van der Waals surface area contributed by atoms with Crippen molar-refractivity contribution in [2.45, 2.75) is 12.8 Å². The highest BCUT2D eigenvalue weighted by Crippen LogP contribution is 2.31. The Bertz CT molecular complexity index is 414. The Hall–Kier alpha value is -0.730. The second kappa shape index (κ2) is 5.74. The van der Waals surface area contributed by atoms with E-state index in [-0.39, 0.29) is 5.78 Å². The van der Waals surface area contributed by atoms with Gasteiger partial charge in [0, 0.05) is 42.5 Å². The van der Waals surface area contributed by atoms with E-state index in [1.54, 1.807) is 0 Å². The van der Waals surface area contributed by atoms with E-state index in [1.165, 1.54) is 0 Å². The van der Waals surface area contributed by atoms with Crippen LogP contribution in [0.15, 0.2) is 18.2 Å². The van der Waals surface area contributed by atoms with Crippen molar-refractivity contribution in [2.24, 2.45) is 0 Å². The van der Waals surface area contributed by atoms with Crippen molar-refractivity contribution in [3.8, 4) is 0 Å². The van der Waals surface area contributed by atoms with Crippen LogP contribution in [-0.2, 0) is 6.42 Å². The Kier molecular flexibility index (Phi) is 4.30. The summed E-state index contributed by atoms with van der Waals surface area (Å²) in [5, 5.41) is 0. The Morgan fingerprint density at radius 2 is 1.82 bits per heavy atom. The van der Waals surface area contributed by atoms with Gasteiger partial charge in [0.2, 0.25) is 0 Å². The number of ketones is 1. The number of fused-ring (bicyclic) bond motifs is 1. The van der Waals surface area contributed by atoms with Crippen molar-refractivity contribution >= 4 is 34.7 Å². The van der Waals surface area contributed by atoms with Crippen molar-refractivity contribution in [1.29, 1.82) is 0 Å². The molecule has 0 aliphatic heterocycles. The average Bonchev–Trinajstić information content (AvgIpc) is 2.71. The Morgan fingerprint density at radius 3 is 2.47 bits per heavy atom. The van der Waals surface area contributed by atoms with E-state index in [0.29, 0.717) is 18.2 Å². The lowest BCUT2D eigenvalue weighted by molar-refractivity contribution is 0.0995. The molecule has 17 heavy (non-hydrogen) atoms. The lowest BCUT2D eigenvalue weighted by Crippen LogP contribution is -2.29. The summed E-state index contributed by atoms with van der Waals surface area (Å²) in [6, 6.07) is 6.02. The Balaban J connectivity index is 2.36. The molecule has 1 aliphatic carbocycles. The first kappa shape index (κ1) is 12.7. The molecule has 0 saturated carbocycles. The number of aryl methyl sites for hydroxylation is 1. The molecule has 0 spiro atoms. The summed E-state index contributed by atoms with van der Waals surface area (Å²) >= 11 is 11.6. The number of Topliss-reactive ketones (excluding diaryl/α,β-unsaturated/α-hetero) is 1. The van der Waals surface area contributed by atoms with Crippen LogP contribution in [0.25, 0.3) is 0 Å². The third-order valence-electron chi connectivity index (χ3n) is 3.08. The van der Waals surface area contributed by atoms with Gasteiger partial charge in [-0.05, 0) is 18.1 Å². The normalized spacial score (nSPS) is 13.9. The number of halogens is 2. The van der Waals surface area contributed by atoms with Crippen LogP contribution in [0.5, 0.6) is 0 Å². The fraction of sp³-hybridized carbons (Fsp3) is 0.462. The van der Waals surface area contributed by atoms with Crippen molar-refractivity contribution < 1.29 is 4.79 Å². The van der Waals surface area contributed by atoms with Crippen molar-refractivity contribution in [3.05, 3.63) is 29.3 Å². The molecule has 2 nitrogen and oxygen atoms in total. The number of alkyl halides is 2. The number of hydrogen-bond acceptors (Lipinski definition) is 2. The summed E-state index contributed by atoms with van der Waals surface area (Å²) in [5.74, 6) is 1.31. The predicted octanol–water partition coefficient (Wildman–Crippen LogP) is 3.10. The predicted molar refractivity (Wildman–Crippen MR) is 72.7 cm³/mol. The average molecular weight is 272 g/mol. The highest BCUT2D eigenvalue weighted by atomic mass is 35.5. The summed E-state index contributed by atoms with van der Waals surface area (Å²) < 4.78 is 0. The first-order chi connectivity index (χ1) is 8.27. The standard InChI is InChI=1S/C13H15Cl2NO/c14-6-8-16(9-7-15)11-3-1-2-10-4-5-12(17)13(10)11/h1-3H,4-9H2. The molecule has 0 amide bonds. The molecule has 0 radical (unpaired) electrons. The molecule has 2 rings (SSSR count). The monoisotopic (exact) mass is 271 g/mol. The summed E-state index contributed by atoms with van der Waals surface area (Å²) in [4.78, 5) is 14.0. The number of carbonyl (C=O) groups excluding carboxylic acids is 1. The molecule has 1 aromatic rings. The minimum atomic E-state index is 0.241. The van der Waals surface area contributed by atoms with E-state index in [9.17, 15) is 4.79 Å². The molecule has 4 heteroatoms. The molecule has 0 unspecified atom stereocenters. The zero-order chi connectivity index (χ0) is 12.3. The lowest BCUT2D eigenvalue weighted by Gasteiger charge is -2.25. The second-order valence-corrected chi connectivity index (χ2v) is 4.86. The topological polar surface area (TPSA) is 20.3 Å². The second-order valence-electron chi connectivity index (χ2n) is 4.10. The molecule has 0 N–H and O–H groups in total. The molecule has 0 atom stereocenters. The quantitative estimate of drug-likeness (QED) is 0.768. The summed E-state index contributed by atoms with van der Waals surface area (Å²) in [6.07, 6.45) is 1.49. The third kappa shape index (κ3) is 2.58. The molecule has 0 fully saturated rings. The highest BCUT2D eigenvalue weighted by Gasteiger charge is 2.24. The van der Waals surface area contributed by atoms with Crippen LogP contribution >= 0.6 is 23.2 Å². The van der Waals surface area contributed by atoms with Crippen molar-refractivity contribution in [3.63, 3.8) is 0 Å². The van der Waals surface area contributed by atoms with Gasteiger partial charge < -0.3 is 4.90 Å². The van der Waals surface area contributed by atoms with Gasteiger partial charge in [-0.3, -0.25) is 4.79 Å². The van der Waals surface area contributed by atoms with E-state index in [2.05, 4.69) is 4.90 Å². The minimum Gasteiger partial charge on any atom is -0.369 e. The van der Waals surface area contributed by atoms with E-state index in [4.69, 9.17) is 23.2 Å². The third-order valence-corrected chi connectivity index (χ3v) is 3.42. The molecule has 0 saturated heterocycles. The smallest absolute Gasteiger partial charge is 0.165 e. The van der Waals surface area contributed by atoms with Gasteiger partial charge in [-0.25, -0.2) is 0 Å². The number of carbonyl (C=O) groups is 1. The largest absolute Gasteiger partial charge is 0.369 e. The first-order valence-electron chi connectivity index (χ1n) is 5.80. The zero-order valence-electron chi connectivity index (χ0n) is 9.59. The van der Waals surface area contributed by atoms with Gasteiger partial charge in [0.1, 0.15) is 0 Å². The molecule has 0 aromatic heterocycles. The molecule has 92 valence electrons. The number of nitrogens with zero attached hydrogens (tertiary/aromatic N) is 1. The van der Waals surface area contributed by atoms with Crippen LogP contribution in [-0.4, -0.2) is 30.6 Å². The Morgan fingerprint density at radius 1 is 1.12 bits per heavy atom. The highest BCUT2D eigenvalue weighted by molar-refractivity contribution is 6.18. The van der Waals surface area contributed by atoms with Gasteiger partial charge in [0.25, 0.3) is 0 Å². The molecule has 0 heterocycles. The summed E-state index contributed by atoms with van der Waals surface area (Å²) in [7, 11) is 0. The van der Waals surface area contributed by atoms with Gasteiger partial charge in [0.05, 0.1) is 0 Å². The number of rotatable bonds is 5. The maximum Gasteiger partial charge on any atom is 0.165 e. The fourth-order valence-electron chi connectivity index (χ4n) is 2.31. The van der Waals surface area contributed by atoms with Crippen molar-refractivity contribution in [2.75, 3.05) is 29.7 Å². The van der Waals surface area contributed by atoms with Crippen LogP contribution in [0, 0.1) is 0 Å². The molecular weight excluding hydrogens is 257 g/mol. The molecule has 1 aliphatic rings. The number of benzene rings is 1. The number of hydrogen-bond donors (Lipinski definition) is 0. The summed E-state index contributed by atoms with van der Waals surface area (Å²) in [6.45, 7) is 1.44. The maximum atomic E-state index is 11.9. The molecule has 0 bridgehead atoms. The van der Waals surface area contributed by atoms with Gasteiger partial charge in [-0.15, -0.1) is 23.2 Å².